The summed E-state index contributed by atoms with van der Waals surface area (Å²) in [6.45, 7) is 3.47. The first-order valence-electron chi connectivity index (χ1n) is 5.96. The fourth-order valence-electron chi connectivity index (χ4n) is 1.70. The third-order valence-corrected chi connectivity index (χ3v) is 2.58. The second kappa shape index (κ2) is 6.28. The molecular weight excluding hydrogens is 230 g/mol. The molecule has 18 heavy (non-hydrogen) atoms. The van der Waals surface area contributed by atoms with Gasteiger partial charge in [0.2, 0.25) is 11.7 Å². The molecule has 2 aromatic rings. The summed E-state index contributed by atoms with van der Waals surface area (Å²) in [5.74, 6) is 1.13. The van der Waals surface area contributed by atoms with Gasteiger partial charge in [-0.3, -0.25) is 0 Å². The van der Waals surface area contributed by atoms with Crippen molar-refractivity contribution in [2.24, 2.45) is 0 Å². The Labute approximate surface area is 106 Å². The topological polar surface area (TPSA) is 60.2 Å². The number of nitrogens with zero attached hydrogens (tertiary/aromatic N) is 2. The van der Waals surface area contributed by atoms with E-state index in [4.69, 9.17) is 9.26 Å². The molecule has 1 atom stereocenters. The summed E-state index contributed by atoms with van der Waals surface area (Å²) in [5.41, 5.74) is 1.01. The minimum atomic E-state index is -0.287. The molecule has 5 heteroatoms. The van der Waals surface area contributed by atoms with E-state index in [1.54, 1.807) is 7.11 Å². The number of aromatic nitrogens is 2. The summed E-state index contributed by atoms with van der Waals surface area (Å²) in [6.07, 6.45) is -0.287. The molecule has 0 bridgehead atoms. The Hall–Kier alpha value is -1.72. The maximum absolute atomic E-state index is 5.43. The van der Waals surface area contributed by atoms with Crippen molar-refractivity contribution in [1.82, 2.24) is 15.5 Å². The molecule has 5 nitrogen and oxygen atoms in total. The molecule has 1 heterocycles. The van der Waals surface area contributed by atoms with Crippen LogP contribution in [0.1, 0.15) is 30.3 Å². The molecule has 1 unspecified atom stereocenters. The summed E-state index contributed by atoms with van der Waals surface area (Å²) >= 11 is 0. The number of hydrogen-bond acceptors (Lipinski definition) is 5. The van der Waals surface area contributed by atoms with Gasteiger partial charge in [-0.25, -0.2) is 0 Å². The monoisotopic (exact) mass is 247 g/mol. The first-order chi connectivity index (χ1) is 8.85. The van der Waals surface area contributed by atoms with E-state index in [9.17, 15) is 0 Å². The van der Waals surface area contributed by atoms with Crippen molar-refractivity contribution < 1.29 is 9.26 Å². The maximum Gasteiger partial charge on any atom is 0.240 e. The van der Waals surface area contributed by atoms with E-state index in [0.29, 0.717) is 18.3 Å². The zero-order valence-corrected chi connectivity index (χ0v) is 10.6. The van der Waals surface area contributed by atoms with Crippen LogP contribution < -0.4 is 5.32 Å². The van der Waals surface area contributed by atoms with Crippen molar-refractivity contribution in [3.63, 3.8) is 0 Å². The van der Waals surface area contributed by atoms with Crippen molar-refractivity contribution in [3.8, 4) is 0 Å². The van der Waals surface area contributed by atoms with Crippen molar-refractivity contribution in [3.05, 3.63) is 47.6 Å². The molecule has 0 saturated carbocycles. The van der Waals surface area contributed by atoms with Gasteiger partial charge in [0.25, 0.3) is 0 Å². The van der Waals surface area contributed by atoms with Crippen molar-refractivity contribution >= 4 is 0 Å². The fraction of sp³-hybridized carbons (Fsp3) is 0.385. The number of ether oxygens (including phenoxy) is 1. The largest absolute Gasteiger partial charge is 0.369 e. The zero-order valence-electron chi connectivity index (χ0n) is 10.6. The fourth-order valence-corrected chi connectivity index (χ4v) is 1.70. The predicted octanol–water partition coefficient (Wildman–Crippen LogP) is 1.91. The summed E-state index contributed by atoms with van der Waals surface area (Å²) in [7, 11) is 1.64. The normalized spacial score (nSPS) is 12.6. The number of hydrogen-bond donors (Lipinski definition) is 1. The second-order valence-electron chi connectivity index (χ2n) is 3.85. The van der Waals surface area contributed by atoms with Crippen molar-refractivity contribution in [2.75, 3.05) is 13.7 Å². The highest BCUT2D eigenvalue weighted by molar-refractivity contribution is 5.22. The highest BCUT2D eigenvalue weighted by Crippen LogP contribution is 2.22. The molecule has 0 amide bonds. The van der Waals surface area contributed by atoms with Gasteiger partial charge >= 0.3 is 0 Å². The van der Waals surface area contributed by atoms with E-state index in [2.05, 4.69) is 15.5 Å². The van der Waals surface area contributed by atoms with Gasteiger partial charge in [-0.1, -0.05) is 42.4 Å². The molecule has 0 radical (unpaired) electrons. The molecule has 0 fully saturated rings. The van der Waals surface area contributed by atoms with Gasteiger partial charge in [-0.15, -0.1) is 0 Å². The second-order valence-corrected chi connectivity index (χ2v) is 3.85. The smallest absolute Gasteiger partial charge is 0.240 e. The lowest BCUT2D eigenvalue weighted by Crippen LogP contribution is -2.12. The Balaban J connectivity index is 2.15. The molecule has 0 aliphatic heterocycles. The molecule has 96 valence electrons. The van der Waals surface area contributed by atoms with E-state index < -0.39 is 0 Å². The number of nitrogens with one attached hydrogen (secondary N) is 1. The molecule has 1 aromatic carbocycles. The Morgan fingerprint density at radius 2 is 2.11 bits per heavy atom. The SMILES string of the molecule is CCNCc1nc(C(OC)c2ccccc2)no1. The van der Waals surface area contributed by atoms with Gasteiger partial charge in [0.15, 0.2) is 0 Å². The molecule has 2 rings (SSSR count). The molecular formula is C13H17N3O2. The summed E-state index contributed by atoms with van der Waals surface area (Å²) in [4.78, 5) is 4.33. The van der Waals surface area contributed by atoms with Crippen molar-refractivity contribution in [2.45, 2.75) is 19.6 Å². The Kier molecular flexibility index (Phi) is 4.44. The quantitative estimate of drug-likeness (QED) is 0.845. The Morgan fingerprint density at radius 3 is 2.78 bits per heavy atom. The highest BCUT2D eigenvalue weighted by Gasteiger charge is 2.19. The number of benzene rings is 1. The molecule has 1 N–H and O–H groups in total. The van der Waals surface area contributed by atoms with E-state index >= 15 is 0 Å². The lowest BCUT2D eigenvalue weighted by Gasteiger charge is -2.10. The first kappa shape index (κ1) is 12.7. The average molecular weight is 247 g/mol. The van der Waals surface area contributed by atoms with Gasteiger partial charge in [0, 0.05) is 7.11 Å². The van der Waals surface area contributed by atoms with Crippen LogP contribution in [0.5, 0.6) is 0 Å². The van der Waals surface area contributed by atoms with E-state index in [-0.39, 0.29) is 6.10 Å². The van der Waals surface area contributed by atoms with Crippen LogP contribution in [-0.4, -0.2) is 23.8 Å². The lowest BCUT2D eigenvalue weighted by atomic mass is 10.1. The summed E-state index contributed by atoms with van der Waals surface area (Å²) < 4.78 is 10.6. The average Bonchev–Trinajstić information content (AvgIpc) is 2.87. The summed E-state index contributed by atoms with van der Waals surface area (Å²) in [6, 6.07) is 9.84. The van der Waals surface area contributed by atoms with Crippen LogP contribution in [0.4, 0.5) is 0 Å². The van der Waals surface area contributed by atoms with Crippen LogP contribution in [0.2, 0.25) is 0 Å². The first-order valence-corrected chi connectivity index (χ1v) is 5.96. The van der Waals surface area contributed by atoms with Gasteiger partial charge in [-0.05, 0) is 12.1 Å². The number of methoxy groups -OCH3 is 1. The third-order valence-electron chi connectivity index (χ3n) is 2.58. The Bertz CT molecular complexity index is 470. The van der Waals surface area contributed by atoms with Crippen LogP contribution >= 0.6 is 0 Å². The molecule has 0 aliphatic carbocycles. The highest BCUT2D eigenvalue weighted by atomic mass is 16.5. The Morgan fingerprint density at radius 1 is 1.33 bits per heavy atom. The van der Waals surface area contributed by atoms with E-state index in [0.717, 1.165) is 12.1 Å². The van der Waals surface area contributed by atoms with Crippen molar-refractivity contribution in [1.29, 1.82) is 0 Å². The van der Waals surface area contributed by atoms with Crippen LogP contribution in [0.15, 0.2) is 34.9 Å². The minimum Gasteiger partial charge on any atom is -0.369 e. The van der Waals surface area contributed by atoms with Gasteiger partial charge in [0.1, 0.15) is 6.10 Å². The zero-order chi connectivity index (χ0) is 12.8. The van der Waals surface area contributed by atoms with Gasteiger partial charge < -0.3 is 14.6 Å². The minimum absolute atomic E-state index is 0.287. The molecule has 1 aromatic heterocycles. The number of rotatable bonds is 6. The standard InChI is InChI=1S/C13H17N3O2/c1-3-14-9-11-15-13(16-18-11)12(17-2)10-7-5-4-6-8-10/h4-8,12,14H,3,9H2,1-2H3. The van der Waals surface area contributed by atoms with Crippen LogP contribution in [0.3, 0.4) is 0 Å². The lowest BCUT2D eigenvalue weighted by molar-refractivity contribution is 0.126. The summed E-state index contributed by atoms with van der Waals surface area (Å²) in [5, 5.41) is 7.10. The van der Waals surface area contributed by atoms with E-state index in [1.807, 2.05) is 37.3 Å². The maximum atomic E-state index is 5.43. The van der Waals surface area contributed by atoms with Gasteiger partial charge in [-0.2, -0.15) is 4.98 Å². The van der Waals surface area contributed by atoms with E-state index in [1.165, 1.54) is 0 Å². The molecule has 0 saturated heterocycles. The van der Waals surface area contributed by atoms with Crippen LogP contribution in [0.25, 0.3) is 0 Å². The predicted molar refractivity (Wildman–Crippen MR) is 67.0 cm³/mol. The molecule has 0 spiro atoms. The third kappa shape index (κ3) is 2.94. The molecule has 0 aliphatic rings. The van der Waals surface area contributed by atoms with Crippen LogP contribution in [0, 0.1) is 0 Å². The van der Waals surface area contributed by atoms with Gasteiger partial charge in [0.05, 0.1) is 6.54 Å². The van der Waals surface area contributed by atoms with Crippen LogP contribution in [-0.2, 0) is 11.3 Å².